The summed E-state index contributed by atoms with van der Waals surface area (Å²) < 4.78 is 0. The van der Waals surface area contributed by atoms with Gasteiger partial charge in [0.25, 0.3) is 0 Å². The molecule has 0 atom stereocenters. The van der Waals surface area contributed by atoms with E-state index in [2.05, 4.69) is 9.78 Å². The van der Waals surface area contributed by atoms with E-state index < -0.39 is 5.97 Å². The minimum atomic E-state index is -0.692. The first-order valence-corrected chi connectivity index (χ1v) is 3.58. The van der Waals surface area contributed by atoms with Crippen molar-refractivity contribution in [2.45, 2.75) is 13.3 Å². The Morgan fingerprint density at radius 2 is 2.09 bits per heavy atom. The van der Waals surface area contributed by atoms with Gasteiger partial charge < -0.3 is 0 Å². The molecule has 0 amide bonds. The van der Waals surface area contributed by atoms with E-state index in [1.54, 1.807) is 0 Å². The highest BCUT2D eigenvalue weighted by Gasteiger charge is 2.06. The lowest BCUT2D eigenvalue weighted by Crippen LogP contribution is -2.10. The molecule has 0 aliphatic rings. The number of ketones is 1. The van der Waals surface area contributed by atoms with Crippen LogP contribution in [0.3, 0.4) is 0 Å². The van der Waals surface area contributed by atoms with Gasteiger partial charge in [0.15, 0.2) is 0 Å². The van der Waals surface area contributed by atoms with Gasteiger partial charge in [0.2, 0.25) is 0 Å². The molecule has 0 N–H and O–H groups in total. The molecule has 0 aromatic carbocycles. The third kappa shape index (κ3) is 7.29. The zero-order chi connectivity index (χ0) is 8.69. The number of halogens is 1. The number of carbonyl (C=O) groups is 2. The van der Waals surface area contributed by atoms with Gasteiger partial charge in [-0.1, -0.05) is 0 Å². The van der Waals surface area contributed by atoms with Crippen LogP contribution in [0.1, 0.15) is 13.3 Å². The highest BCUT2D eigenvalue weighted by atomic mass is 35.5. The second kappa shape index (κ2) is 6.12. The molecule has 0 heterocycles. The van der Waals surface area contributed by atoms with E-state index in [0.29, 0.717) is 0 Å². The average Bonchev–Trinajstić information content (AvgIpc) is 1.86. The van der Waals surface area contributed by atoms with Crippen LogP contribution in [-0.4, -0.2) is 24.2 Å². The molecule has 0 unspecified atom stereocenters. The molecule has 0 rings (SSSR count). The monoisotopic (exact) mass is 180 g/mol. The third-order valence-corrected chi connectivity index (χ3v) is 0.860. The quantitative estimate of drug-likeness (QED) is 0.205. The van der Waals surface area contributed by atoms with Crippen LogP contribution < -0.4 is 0 Å². The Balaban J connectivity index is 3.30. The zero-order valence-corrected chi connectivity index (χ0v) is 6.89. The summed E-state index contributed by atoms with van der Waals surface area (Å²) in [4.78, 5) is 29.3. The molecule has 64 valence electrons. The van der Waals surface area contributed by atoms with Gasteiger partial charge in [0, 0.05) is 0 Å². The Labute approximate surface area is 69.3 Å². The van der Waals surface area contributed by atoms with Crippen LogP contribution in [0.5, 0.6) is 0 Å². The summed E-state index contributed by atoms with van der Waals surface area (Å²) in [6.45, 7) is 1.42. The molecule has 0 fully saturated rings. The first-order valence-electron chi connectivity index (χ1n) is 3.04. The van der Waals surface area contributed by atoms with E-state index >= 15 is 0 Å². The summed E-state index contributed by atoms with van der Waals surface area (Å²) >= 11 is 5.21. The average molecular weight is 181 g/mol. The minimum Gasteiger partial charge on any atom is -0.299 e. The first-order chi connectivity index (χ1) is 5.16. The van der Waals surface area contributed by atoms with Crippen LogP contribution in [0.2, 0.25) is 0 Å². The smallest absolute Gasteiger partial charge is 0.299 e. The fourth-order valence-electron chi connectivity index (χ4n) is 0.372. The van der Waals surface area contributed by atoms with E-state index in [0.717, 1.165) is 0 Å². The van der Waals surface area contributed by atoms with E-state index in [1.165, 1.54) is 6.92 Å². The van der Waals surface area contributed by atoms with E-state index in [4.69, 9.17) is 11.6 Å². The number of alkyl halides is 1. The highest BCUT2D eigenvalue weighted by molar-refractivity contribution is 6.17. The van der Waals surface area contributed by atoms with E-state index in [9.17, 15) is 9.59 Å². The van der Waals surface area contributed by atoms with Crippen molar-refractivity contribution in [2.75, 3.05) is 12.5 Å². The molecular weight excluding hydrogens is 172 g/mol. The molecule has 0 aliphatic heterocycles. The van der Waals surface area contributed by atoms with E-state index in [1.807, 2.05) is 0 Å². The normalized spacial score (nSPS) is 9.27. The summed E-state index contributed by atoms with van der Waals surface area (Å²) in [7, 11) is 0. The maximum absolute atomic E-state index is 10.5. The lowest BCUT2D eigenvalue weighted by molar-refractivity contribution is -0.268. The minimum absolute atomic E-state index is 0.130. The van der Waals surface area contributed by atoms with Crippen LogP contribution in [0.25, 0.3) is 0 Å². The standard InChI is InChI=1S/C6H9ClO4/c1-5(8)4-6(9)11-10-3-2-7/h2-4H2,1H3. The Morgan fingerprint density at radius 1 is 1.45 bits per heavy atom. The maximum Gasteiger partial charge on any atom is 0.349 e. The fraction of sp³-hybridized carbons (Fsp3) is 0.667. The Hall–Kier alpha value is -0.610. The SMILES string of the molecule is CC(=O)CC(=O)OOCCCl. The van der Waals surface area contributed by atoms with Gasteiger partial charge in [-0.2, -0.15) is 4.89 Å². The molecule has 0 radical (unpaired) electrons. The molecule has 11 heavy (non-hydrogen) atoms. The Kier molecular flexibility index (Phi) is 5.78. The summed E-state index contributed by atoms with van der Waals surface area (Å²) in [6, 6.07) is 0. The molecule has 0 bridgehead atoms. The van der Waals surface area contributed by atoms with Crippen molar-refractivity contribution in [1.82, 2.24) is 0 Å². The second-order valence-corrected chi connectivity index (χ2v) is 2.22. The molecule has 4 nitrogen and oxygen atoms in total. The molecule has 0 spiro atoms. The summed E-state index contributed by atoms with van der Waals surface area (Å²) in [5.41, 5.74) is 0. The van der Waals surface area contributed by atoms with Gasteiger partial charge in [-0.15, -0.1) is 11.6 Å². The van der Waals surface area contributed by atoms with Crippen molar-refractivity contribution in [3.8, 4) is 0 Å². The molecule has 0 saturated heterocycles. The lowest BCUT2D eigenvalue weighted by atomic mass is 10.3. The maximum atomic E-state index is 10.5. The van der Waals surface area contributed by atoms with Gasteiger partial charge in [0.05, 0.1) is 5.88 Å². The molecule has 0 aromatic heterocycles. The molecule has 5 heteroatoms. The largest absolute Gasteiger partial charge is 0.349 e. The van der Waals surface area contributed by atoms with Crippen molar-refractivity contribution in [3.05, 3.63) is 0 Å². The zero-order valence-electron chi connectivity index (χ0n) is 6.13. The topological polar surface area (TPSA) is 52.6 Å². The molecule has 0 aromatic rings. The van der Waals surface area contributed by atoms with Crippen molar-refractivity contribution >= 4 is 23.4 Å². The van der Waals surface area contributed by atoms with Crippen molar-refractivity contribution in [1.29, 1.82) is 0 Å². The van der Waals surface area contributed by atoms with Crippen molar-refractivity contribution < 1.29 is 19.4 Å². The van der Waals surface area contributed by atoms with Gasteiger partial charge in [-0.25, -0.2) is 4.79 Å². The lowest BCUT2D eigenvalue weighted by Gasteiger charge is -1.98. The Morgan fingerprint density at radius 3 is 2.55 bits per heavy atom. The predicted octanol–water partition coefficient (Wildman–Crippen LogP) is 0.679. The van der Waals surface area contributed by atoms with Crippen LogP contribution in [-0.2, 0) is 19.4 Å². The number of hydrogen-bond donors (Lipinski definition) is 0. The Bertz CT molecular complexity index is 146. The van der Waals surface area contributed by atoms with Crippen molar-refractivity contribution in [3.63, 3.8) is 0 Å². The van der Waals surface area contributed by atoms with Gasteiger partial charge in [-0.05, 0) is 6.92 Å². The summed E-state index contributed by atoms with van der Waals surface area (Å²) in [5.74, 6) is -0.708. The van der Waals surface area contributed by atoms with Crippen molar-refractivity contribution in [2.24, 2.45) is 0 Å². The van der Waals surface area contributed by atoms with Crippen LogP contribution in [0.15, 0.2) is 0 Å². The number of carbonyl (C=O) groups excluding carboxylic acids is 2. The van der Waals surface area contributed by atoms with Crippen LogP contribution in [0, 0.1) is 0 Å². The van der Waals surface area contributed by atoms with Crippen LogP contribution in [0.4, 0.5) is 0 Å². The predicted molar refractivity (Wildman–Crippen MR) is 38.1 cm³/mol. The number of Topliss-reactive ketones (excluding diaryl/α,β-unsaturated/α-hetero) is 1. The van der Waals surface area contributed by atoms with Crippen LogP contribution >= 0.6 is 11.6 Å². The summed E-state index contributed by atoms with van der Waals surface area (Å²) in [5, 5.41) is 0. The fourth-order valence-corrected chi connectivity index (χ4v) is 0.435. The number of hydrogen-bond acceptors (Lipinski definition) is 4. The first kappa shape index (κ1) is 10.4. The summed E-state index contributed by atoms with van der Waals surface area (Å²) in [6.07, 6.45) is -0.262. The number of rotatable bonds is 5. The van der Waals surface area contributed by atoms with Gasteiger partial charge >= 0.3 is 5.97 Å². The molecule has 0 aliphatic carbocycles. The van der Waals surface area contributed by atoms with Gasteiger partial charge in [-0.3, -0.25) is 9.68 Å². The second-order valence-electron chi connectivity index (χ2n) is 1.85. The van der Waals surface area contributed by atoms with Gasteiger partial charge in [0.1, 0.15) is 18.8 Å². The highest BCUT2D eigenvalue weighted by Crippen LogP contribution is 1.89. The molecule has 0 saturated carbocycles. The van der Waals surface area contributed by atoms with E-state index in [-0.39, 0.29) is 24.7 Å². The molecular formula is C6H9ClO4. The third-order valence-electron chi connectivity index (χ3n) is 0.706.